The van der Waals surface area contributed by atoms with Crippen molar-refractivity contribution in [1.82, 2.24) is 5.32 Å². The van der Waals surface area contributed by atoms with E-state index in [4.69, 9.17) is 4.74 Å². The van der Waals surface area contributed by atoms with Crippen molar-refractivity contribution in [3.05, 3.63) is 42.0 Å². The van der Waals surface area contributed by atoms with Gasteiger partial charge in [0.1, 0.15) is 12.1 Å². The molecule has 0 aromatic heterocycles. The van der Waals surface area contributed by atoms with Crippen molar-refractivity contribution in [1.29, 1.82) is 0 Å². The minimum atomic E-state index is -1.04. The van der Waals surface area contributed by atoms with E-state index in [1.54, 1.807) is 6.08 Å². The standard InChI is InChI=1S/C16H19NO4/c18-15(14-10-5-11-21-14)17-13(16(19)20)9-4-8-12-6-2-1-3-7-12/h1-4,6-8,13-14H,5,9-11H2,(H,17,18)(H,19,20)/b8-4+/t13-,14-/m0/s1. The largest absolute Gasteiger partial charge is 0.480 e. The molecule has 0 spiro atoms. The number of ether oxygens (including phenoxy) is 1. The summed E-state index contributed by atoms with van der Waals surface area (Å²) >= 11 is 0. The average Bonchev–Trinajstić information content (AvgIpc) is 3.01. The summed E-state index contributed by atoms with van der Waals surface area (Å²) in [5.74, 6) is -1.38. The number of carboxylic acids is 1. The van der Waals surface area contributed by atoms with Crippen LogP contribution in [0.2, 0.25) is 0 Å². The van der Waals surface area contributed by atoms with Gasteiger partial charge >= 0.3 is 5.97 Å². The number of carbonyl (C=O) groups excluding carboxylic acids is 1. The fourth-order valence-electron chi connectivity index (χ4n) is 2.17. The summed E-state index contributed by atoms with van der Waals surface area (Å²) in [6.45, 7) is 0.559. The molecule has 2 atom stereocenters. The fraction of sp³-hybridized carbons (Fsp3) is 0.375. The second-order valence-corrected chi connectivity index (χ2v) is 4.95. The molecule has 1 aliphatic rings. The van der Waals surface area contributed by atoms with Gasteiger partial charge in [-0.3, -0.25) is 4.79 Å². The minimum absolute atomic E-state index is 0.239. The van der Waals surface area contributed by atoms with Crippen LogP contribution < -0.4 is 5.32 Å². The van der Waals surface area contributed by atoms with Gasteiger partial charge < -0.3 is 15.2 Å². The molecule has 2 rings (SSSR count). The van der Waals surface area contributed by atoms with Gasteiger partial charge in [-0.15, -0.1) is 0 Å². The predicted octanol–water partition coefficient (Wildman–Crippen LogP) is 1.84. The fourth-order valence-corrected chi connectivity index (χ4v) is 2.17. The van der Waals surface area contributed by atoms with E-state index in [1.807, 2.05) is 36.4 Å². The maximum atomic E-state index is 11.9. The van der Waals surface area contributed by atoms with Crippen LogP contribution in [0.5, 0.6) is 0 Å². The van der Waals surface area contributed by atoms with Crippen LogP contribution in [0, 0.1) is 0 Å². The van der Waals surface area contributed by atoms with Crippen LogP contribution in [-0.4, -0.2) is 35.7 Å². The highest BCUT2D eigenvalue weighted by atomic mass is 16.5. The van der Waals surface area contributed by atoms with Crippen molar-refractivity contribution < 1.29 is 19.4 Å². The van der Waals surface area contributed by atoms with Crippen molar-refractivity contribution in [2.24, 2.45) is 0 Å². The van der Waals surface area contributed by atoms with Gasteiger partial charge in [-0.25, -0.2) is 4.79 Å². The topological polar surface area (TPSA) is 75.6 Å². The van der Waals surface area contributed by atoms with E-state index >= 15 is 0 Å². The highest BCUT2D eigenvalue weighted by Gasteiger charge is 2.27. The summed E-state index contributed by atoms with van der Waals surface area (Å²) in [5.41, 5.74) is 0.993. The van der Waals surface area contributed by atoms with E-state index < -0.39 is 18.1 Å². The molecule has 1 amide bonds. The van der Waals surface area contributed by atoms with Crippen LogP contribution in [-0.2, 0) is 14.3 Å². The van der Waals surface area contributed by atoms with Crippen LogP contribution in [0.4, 0.5) is 0 Å². The van der Waals surface area contributed by atoms with Crippen molar-refractivity contribution in [2.75, 3.05) is 6.61 Å². The van der Waals surface area contributed by atoms with E-state index in [0.29, 0.717) is 13.0 Å². The van der Waals surface area contributed by atoms with Crippen molar-refractivity contribution in [3.8, 4) is 0 Å². The van der Waals surface area contributed by atoms with Crippen molar-refractivity contribution >= 4 is 18.0 Å². The molecule has 1 saturated heterocycles. The zero-order chi connectivity index (χ0) is 15.1. The number of hydrogen-bond donors (Lipinski definition) is 2. The molecule has 1 fully saturated rings. The monoisotopic (exact) mass is 289 g/mol. The van der Waals surface area contributed by atoms with Crippen LogP contribution in [0.1, 0.15) is 24.8 Å². The summed E-state index contributed by atoms with van der Waals surface area (Å²) in [4.78, 5) is 23.1. The average molecular weight is 289 g/mol. The third kappa shape index (κ3) is 4.72. The second kappa shape index (κ2) is 7.59. The van der Waals surface area contributed by atoms with Gasteiger partial charge in [0.2, 0.25) is 5.91 Å². The first-order chi connectivity index (χ1) is 10.2. The summed E-state index contributed by atoms with van der Waals surface area (Å²) < 4.78 is 5.25. The van der Waals surface area contributed by atoms with Gasteiger partial charge in [0, 0.05) is 6.61 Å². The Morgan fingerprint density at radius 3 is 2.76 bits per heavy atom. The number of aliphatic carboxylic acids is 1. The SMILES string of the molecule is O=C(O)[C@H](C/C=C/c1ccccc1)NC(=O)[C@@H]1CCCO1. The molecule has 0 saturated carbocycles. The number of amides is 1. The van der Waals surface area contributed by atoms with Gasteiger partial charge in [0.05, 0.1) is 0 Å². The quantitative estimate of drug-likeness (QED) is 0.838. The molecule has 1 aromatic rings. The molecule has 0 aliphatic carbocycles. The zero-order valence-corrected chi connectivity index (χ0v) is 11.7. The lowest BCUT2D eigenvalue weighted by Crippen LogP contribution is -2.45. The minimum Gasteiger partial charge on any atom is -0.480 e. The molecule has 1 heterocycles. The van der Waals surface area contributed by atoms with E-state index in [0.717, 1.165) is 12.0 Å². The molecule has 21 heavy (non-hydrogen) atoms. The Morgan fingerprint density at radius 1 is 1.38 bits per heavy atom. The summed E-state index contributed by atoms with van der Waals surface area (Å²) in [7, 11) is 0. The molecule has 1 aliphatic heterocycles. The van der Waals surface area contributed by atoms with Crippen LogP contribution >= 0.6 is 0 Å². The Labute approximate surface area is 123 Å². The number of rotatable bonds is 6. The molecule has 0 bridgehead atoms. The molecule has 5 heteroatoms. The first kappa shape index (κ1) is 15.3. The smallest absolute Gasteiger partial charge is 0.326 e. The van der Waals surface area contributed by atoms with Gasteiger partial charge in [-0.05, 0) is 24.8 Å². The molecule has 0 unspecified atom stereocenters. The van der Waals surface area contributed by atoms with Crippen LogP contribution in [0.25, 0.3) is 6.08 Å². The normalized spacial score (nSPS) is 19.5. The maximum absolute atomic E-state index is 11.9. The number of hydrogen-bond acceptors (Lipinski definition) is 3. The Hall–Kier alpha value is -2.14. The summed E-state index contributed by atoms with van der Waals surface area (Å²) in [5, 5.41) is 11.7. The highest BCUT2D eigenvalue weighted by Crippen LogP contribution is 2.12. The van der Waals surface area contributed by atoms with E-state index in [1.165, 1.54) is 0 Å². The van der Waals surface area contributed by atoms with E-state index in [2.05, 4.69) is 5.32 Å². The molecule has 0 radical (unpaired) electrons. The molecule has 2 N–H and O–H groups in total. The first-order valence-electron chi connectivity index (χ1n) is 7.03. The number of carboxylic acid groups (broad SMARTS) is 1. The summed E-state index contributed by atoms with van der Waals surface area (Å²) in [6.07, 6.45) is 4.81. The Bertz CT molecular complexity index is 506. The third-order valence-electron chi connectivity index (χ3n) is 3.32. The second-order valence-electron chi connectivity index (χ2n) is 4.95. The molecule has 112 valence electrons. The Kier molecular flexibility index (Phi) is 5.51. The van der Waals surface area contributed by atoms with Gasteiger partial charge in [0.15, 0.2) is 0 Å². The number of carbonyl (C=O) groups is 2. The Morgan fingerprint density at radius 2 is 2.14 bits per heavy atom. The highest BCUT2D eigenvalue weighted by molar-refractivity contribution is 5.86. The molecule has 5 nitrogen and oxygen atoms in total. The van der Waals surface area contributed by atoms with Gasteiger partial charge in [-0.2, -0.15) is 0 Å². The number of nitrogens with one attached hydrogen (secondary N) is 1. The molecular formula is C16H19NO4. The lowest BCUT2D eigenvalue weighted by Gasteiger charge is -2.15. The van der Waals surface area contributed by atoms with E-state index in [-0.39, 0.29) is 12.3 Å². The summed E-state index contributed by atoms with van der Waals surface area (Å²) in [6, 6.07) is 8.66. The zero-order valence-electron chi connectivity index (χ0n) is 11.7. The molecule has 1 aromatic carbocycles. The molecular weight excluding hydrogens is 270 g/mol. The van der Waals surface area contributed by atoms with Crippen LogP contribution in [0.15, 0.2) is 36.4 Å². The van der Waals surface area contributed by atoms with Crippen LogP contribution in [0.3, 0.4) is 0 Å². The number of benzene rings is 1. The van der Waals surface area contributed by atoms with E-state index in [9.17, 15) is 14.7 Å². The Balaban J connectivity index is 1.88. The van der Waals surface area contributed by atoms with Crippen molar-refractivity contribution in [2.45, 2.75) is 31.4 Å². The first-order valence-corrected chi connectivity index (χ1v) is 7.03. The predicted molar refractivity (Wildman–Crippen MR) is 78.6 cm³/mol. The third-order valence-corrected chi connectivity index (χ3v) is 3.32. The van der Waals surface area contributed by atoms with Gasteiger partial charge in [-0.1, -0.05) is 42.5 Å². The lowest BCUT2D eigenvalue weighted by atomic mass is 10.1. The maximum Gasteiger partial charge on any atom is 0.326 e. The lowest BCUT2D eigenvalue weighted by molar-refractivity contribution is -0.143. The van der Waals surface area contributed by atoms with Gasteiger partial charge in [0.25, 0.3) is 0 Å². The van der Waals surface area contributed by atoms with Crippen molar-refractivity contribution in [3.63, 3.8) is 0 Å².